The molecule has 1 N–H and O–H groups in total. The summed E-state index contributed by atoms with van der Waals surface area (Å²) in [5.74, 6) is 1.54. The average molecular weight is 567 g/mol. The molecular formula is C25H39IN6O. The fourth-order valence-electron chi connectivity index (χ4n) is 4.89. The van der Waals surface area contributed by atoms with Crippen molar-refractivity contribution in [1.29, 1.82) is 0 Å². The molecule has 3 heterocycles. The average Bonchev–Trinajstić information content (AvgIpc) is 3.40. The van der Waals surface area contributed by atoms with Gasteiger partial charge in [-0.1, -0.05) is 24.3 Å². The van der Waals surface area contributed by atoms with Crippen molar-refractivity contribution in [3.8, 4) is 0 Å². The summed E-state index contributed by atoms with van der Waals surface area (Å²) >= 11 is 0. The van der Waals surface area contributed by atoms with Gasteiger partial charge in [0.05, 0.1) is 24.9 Å². The van der Waals surface area contributed by atoms with Crippen molar-refractivity contribution < 1.29 is 4.74 Å². The van der Waals surface area contributed by atoms with Gasteiger partial charge in [-0.05, 0) is 43.9 Å². The van der Waals surface area contributed by atoms with Crippen molar-refractivity contribution in [2.45, 2.75) is 58.4 Å². The quantitative estimate of drug-likeness (QED) is 0.329. The van der Waals surface area contributed by atoms with Gasteiger partial charge in [-0.15, -0.1) is 24.0 Å². The molecule has 2 aliphatic rings. The molecule has 0 bridgehead atoms. The van der Waals surface area contributed by atoms with Gasteiger partial charge in [0.1, 0.15) is 0 Å². The maximum Gasteiger partial charge on any atom is 0.194 e. The Kier molecular flexibility index (Phi) is 9.57. The molecule has 2 aromatic rings. The van der Waals surface area contributed by atoms with Crippen LogP contribution in [0.2, 0.25) is 0 Å². The first-order chi connectivity index (χ1) is 15.5. The van der Waals surface area contributed by atoms with Crippen LogP contribution < -0.4 is 5.32 Å². The second kappa shape index (κ2) is 12.2. The minimum absolute atomic E-state index is 0. The largest absolute Gasteiger partial charge is 0.373 e. The summed E-state index contributed by atoms with van der Waals surface area (Å²) in [5, 5.41) is 7.82. The molecular weight excluding hydrogens is 527 g/mol. The van der Waals surface area contributed by atoms with Crippen LogP contribution in [0.4, 0.5) is 0 Å². The highest BCUT2D eigenvalue weighted by Gasteiger charge is 2.27. The summed E-state index contributed by atoms with van der Waals surface area (Å²) in [6, 6.07) is 8.93. The molecule has 1 aromatic carbocycles. The van der Waals surface area contributed by atoms with Crippen molar-refractivity contribution in [1.82, 2.24) is 24.9 Å². The molecule has 2 saturated heterocycles. The van der Waals surface area contributed by atoms with E-state index in [0.717, 1.165) is 51.6 Å². The number of hydrogen-bond acceptors (Lipinski definition) is 4. The number of ether oxygens (including phenoxy) is 1. The van der Waals surface area contributed by atoms with Crippen LogP contribution in [-0.4, -0.2) is 70.5 Å². The lowest BCUT2D eigenvalue weighted by molar-refractivity contribution is -0.0704. The van der Waals surface area contributed by atoms with Gasteiger partial charge in [0, 0.05) is 58.4 Å². The lowest BCUT2D eigenvalue weighted by atomic mass is 10.0. The van der Waals surface area contributed by atoms with E-state index in [0.29, 0.717) is 24.7 Å². The van der Waals surface area contributed by atoms with E-state index in [9.17, 15) is 0 Å². The zero-order valence-electron chi connectivity index (χ0n) is 20.4. The third-order valence-corrected chi connectivity index (χ3v) is 6.35. The number of rotatable bonds is 6. The molecule has 33 heavy (non-hydrogen) atoms. The van der Waals surface area contributed by atoms with Gasteiger partial charge in [-0.25, -0.2) is 4.99 Å². The highest BCUT2D eigenvalue weighted by atomic mass is 127. The van der Waals surface area contributed by atoms with E-state index in [2.05, 4.69) is 71.4 Å². The molecule has 0 amide bonds. The first-order valence-electron chi connectivity index (χ1n) is 12.0. The lowest BCUT2D eigenvalue weighted by Gasteiger charge is -2.35. The number of aryl methyl sites for hydroxylation is 1. The molecule has 1 aromatic heterocycles. The van der Waals surface area contributed by atoms with Gasteiger partial charge in [-0.2, -0.15) is 5.10 Å². The SMILES string of the molecule is CCNC(=NCc1ccc(CN2CC(C)OC(C)C2)cc1)N1CCC(c2cnn(C)c2)C1.I. The lowest BCUT2D eigenvalue weighted by Crippen LogP contribution is -2.44. The molecule has 8 heteroatoms. The molecule has 7 nitrogen and oxygen atoms in total. The Balaban J connectivity index is 0.00000306. The van der Waals surface area contributed by atoms with Crippen molar-refractivity contribution in [3.63, 3.8) is 0 Å². The van der Waals surface area contributed by atoms with Crippen molar-refractivity contribution in [2.24, 2.45) is 12.0 Å². The number of benzene rings is 1. The van der Waals surface area contributed by atoms with Gasteiger partial charge in [0.2, 0.25) is 0 Å². The molecule has 182 valence electrons. The molecule has 0 spiro atoms. The second-order valence-electron chi connectivity index (χ2n) is 9.32. The molecule has 0 saturated carbocycles. The van der Waals surface area contributed by atoms with Gasteiger partial charge in [-0.3, -0.25) is 9.58 Å². The Bertz CT molecular complexity index is 889. The van der Waals surface area contributed by atoms with Crippen LogP contribution in [0.15, 0.2) is 41.7 Å². The van der Waals surface area contributed by atoms with E-state index in [1.165, 1.54) is 16.7 Å². The zero-order chi connectivity index (χ0) is 22.5. The van der Waals surface area contributed by atoms with Crippen LogP contribution in [0, 0.1) is 0 Å². The molecule has 2 fully saturated rings. The molecule has 0 aliphatic carbocycles. The Morgan fingerprint density at radius 3 is 2.45 bits per heavy atom. The number of aliphatic imine (C=N–C) groups is 1. The van der Waals surface area contributed by atoms with Crippen LogP contribution in [0.25, 0.3) is 0 Å². The van der Waals surface area contributed by atoms with E-state index < -0.39 is 0 Å². The monoisotopic (exact) mass is 566 g/mol. The van der Waals surface area contributed by atoms with E-state index in [1.54, 1.807) is 0 Å². The Hall–Kier alpha value is -1.65. The normalized spacial score (nSPS) is 24.1. The summed E-state index contributed by atoms with van der Waals surface area (Å²) in [4.78, 5) is 9.82. The van der Waals surface area contributed by atoms with E-state index in [4.69, 9.17) is 9.73 Å². The van der Waals surface area contributed by atoms with Crippen LogP contribution in [0.5, 0.6) is 0 Å². The van der Waals surface area contributed by atoms with E-state index in [-0.39, 0.29) is 24.0 Å². The fourth-order valence-corrected chi connectivity index (χ4v) is 4.89. The van der Waals surface area contributed by atoms with Crippen molar-refractivity contribution >= 4 is 29.9 Å². The van der Waals surface area contributed by atoms with Gasteiger partial charge in [0.15, 0.2) is 5.96 Å². The second-order valence-corrected chi connectivity index (χ2v) is 9.32. The van der Waals surface area contributed by atoms with Crippen molar-refractivity contribution in [2.75, 3.05) is 32.7 Å². The minimum Gasteiger partial charge on any atom is -0.373 e. The highest BCUT2D eigenvalue weighted by Crippen LogP contribution is 2.26. The number of nitrogens with one attached hydrogen (secondary N) is 1. The number of nitrogens with zero attached hydrogens (tertiary/aromatic N) is 5. The highest BCUT2D eigenvalue weighted by molar-refractivity contribution is 14.0. The molecule has 4 rings (SSSR count). The van der Waals surface area contributed by atoms with Gasteiger partial charge >= 0.3 is 0 Å². The van der Waals surface area contributed by atoms with Crippen molar-refractivity contribution in [3.05, 3.63) is 53.3 Å². The van der Waals surface area contributed by atoms with E-state index in [1.807, 2.05) is 17.9 Å². The van der Waals surface area contributed by atoms with Crippen LogP contribution in [0.3, 0.4) is 0 Å². The minimum atomic E-state index is 0. The maximum absolute atomic E-state index is 5.85. The van der Waals surface area contributed by atoms with Gasteiger partial charge < -0.3 is 15.0 Å². The summed E-state index contributed by atoms with van der Waals surface area (Å²) in [7, 11) is 1.98. The molecule has 2 aliphatic heterocycles. The molecule has 0 radical (unpaired) electrons. The Morgan fingerprint density at radius 1 is 1.12 bits per heavy atom. The van der Waals surface area contributed by atoms with Crippen LogP contribution >= 0.6 is 24.0 Å². The number of morpholine rings is 1. The van der Waals surface area contributed by atoms with Gasteiger partial charge in [0.25, 0.3) is 0 Å². The van der Waals surface area contributed by atoms with Crippen LogP contribution in [0.1, 0.15) is 49.8 Å². The predicted octanol–water partition coefficient (Wildman–Crippen LogP) is 3.60. The predicted molar refractivity (Wildman–Crippen MR) is 144 cm³/mol. The summed E-state index contributed by atoms with van der Waals surface area (Å²) in [6.45, 7) is 13.0. The first kappa shape index (κ1) is 26.0. The smallest absolute Gasteiger partial charge is 0.194 e. The number of likely N-dealkylation sites (tertiary alicyclic amines) is 1. The Labute approximate surface area is 215 Å². The first-order valence-corrected chi connectivity index (χ1v) is 12.0. The van der Waals surface area contributed by atoms with E-state index >= 15 is 0 Å². The Morgan fingerprint density at radius 2 is 1.82 bits per heavy atom. The summed E-state index contributed by atoms with van der Waals surface area (Å²) < 4.78 is 7.74. The third-order valence-electron chi connectivity index (χ3n) is 6.35. The summed E-state index contributed by atoms with van der Waals surface area (Å²) in [5.41, 5.74) is 3.92. The number of aromatic nitrogens is 2. The fraction of sp³-hybridized carbons (Fsp3) is 0.600. The number of guanidine groups is 1. The molecule has 3 atom stereocenters. The van der Waals surface area contributed by atoms with Crippen LogP contribution in [-0.2, 0) is 24.9 Å². The number of hydrogen-bond donors (Lipinski definition) is 1. The standard InChI is InChI=1S/C25H38N6O.HI/c1-5-26-25(31-11-10-23(18-31)24-13-28-29(4)17-24)27-12-21-6-8-22(9-7-21)16-30-14-19(2)32-20(3)15-30;/h6-9,13,17,19-20,23H,5,10-12,14-16,18H2,1-4H3,(H,26,27);1H. The topological polar surface area (TPSA) is 57.9 Å². The zero-order valence-corrected chi connectivity index (χ0v) is 22.7. The summed E-state index contributed by atoms with van der Waals surface area (Å²) in [6.07, 6.45) is 5.89. The number of halogens is 1. The molecule has 3 unspecified atom stereocenters. The maximum atomic E-state index is 5.85. The third kappa shape index (κ3) is 7.16.